The van der Waals surface area contributed by atoms with Crippen LogP contribution in [0.25, 0.3) is 0 Å². The number of halogens is 1. The molecular formula is C14H13ClN2O2. The highest BCUT2D eigenvalue weighted by atomic mass is 35.5. The first-order valence-corrected chi connectivity index (χ1v) is 6.15. The Kier molecular flexibility index (Phi) is 4.02. The van der Waals surface area contributed by atoms with Gasteiger partial charge >= 0.3 is 5.97 Å². The van der Waals surface area contributed by atoms with Gasteiger partial charge in [-0.2, -0.15) is 0 Å². The van der Waals surface area contributed by atoms with Gasteiger partial charge in [-0.15, -0.1) is 0 Å². The number of aromatic nitrogens is 1. The van der Waals surface area contributed by atoms with Crippen LogP contribution in [0.15, 0.2) is 42.7 Å². The lowest BCUT2D eigenvalue weighted by Crippen LogP contribution is -2.07. The highest BCUT2D eigenvalue weighted by Crippen LogP contribution is 2.24. The average molecular weight is 277 g/mol. The summed E-state index contributed by atoms with van der Waals surface area (Å²) >= 11 is 5.92. The fourth-order valence-electron chi connectivity index (χ4n) is 1.76. The Hall–Kier alpha value is -2.07. The maximum atomic E-state index is 10.9. The molecule has 0 saturated carbocycles. The predicted octanol–water partition coefficient (Wildman–Crippen LogP) is 3.61. The number of rotatable bonds is 4. The van der Waals surface area contributed by atoms with Crippen molar-refractivity contribution in [1.82, 2.24) is 4.98 Å². The number of anilines is 1. The number of carboxylic acids is 1. The molecule has 1 unspecified atom stereocenters. The van der Waals surface area contributed by atoms with Gasteiger partial charge < -0.3 is 10.4 Å². The van der Waals surface area contributed by atoms with E-state index in [4.69, 9.17) is 16.7 Å². The molecular weight excluding hydrogens is 264 g/mol. The fourth-order valence-corrected chi connectivity index (χ4v) is 2.03. The van der Waals surface area contributed by atoms with Crippen LogP contribution in [0.2, 0.25) is 5.02 Å². The SMILES string of the molecule is CC(Nc1ccc(C(=O)O)c(Cl)c1)c1ccncc1. The van der Waals surface area contributed by atoms with Crippen molar-refractivity contribution in [2.45, 2.75) is 13.0 Å². The highest BCUT2D eigenvalue weighted by molar-refractivity contribution is 6.33. The topological polar surface area (TPSA) is 62.2 Å². The molecule has 2 aromatic rings. The summed E-state index contributed by atoms with van der Waals surface area (Å²) in [6.07, 6.45) is 3.46. The van der Waals surface area contributed by atoms with E-state index in [2.05, 4.69) is 10.3 Å². The van der Waals surface area contributed by atoms with Crippen molar-refractivity contribution in [2.24, 2.45) is 0 Å². The lowest BCUT2D eigenvalue weighted by Gasteiger charge is -2.16. The molecule has 2 rings (SSSR count). The largest absolute Gasteiger partial charge is 0.478 e. The fraction of sp³-hybridized carbons (Fsp3) is 0.143. The Bertz CT molecular complexity index is 587. The second-order valence-corrected chi connectivity index (χ2v) is 4.55. The molecule has 4 nitrogen and oxygen atoms in total. The van der Waals surface area contributed by atoms with Crippen molar-refractivity contribution in [3.8, 4) is 0 Å². The molecule has 0 aliphatic heterocycles. The van der Waals surface area contributed by atoms with Gasteiger partial charge in [0.05, 0.1) is 10.6 Å². The van der Waals surface area contributed by atoms with Gasteiger partial charge in [0.25, 0.3) is 0 Å². The number of carboxylic acid groups (broad SMARTS) is 1. The van der Waals surface area contributed by atoms with Gasteiger partial charge in [0.2, 0.25) is 0 Å². The van der Waals surface area contributed by atoms with E-state index in [9.17, 15) is 4.79 Å². The molecule has 0 fully saturated rings. The number of pyridine rings is 1. The summed E-state index contributed by atoms with van der Waals surface area (Å²) in [7, 11) is 0. The predicted molar refractivity (Wildman–Crippen MR) is 74.7 cm³/mol. The van der Waals surface area contributed by atoms with Crippen molar-refractivity contribution in [3.05, 3.63) is 58.9 Å². The lowest BCUT2D eigenvalue weighted by molar-refractivity contribution is 0.0697. The Morgan fingerprint density at radius 2 is 2.00 bits per heavy atom. The standard InChI is InChI=1S/C14H13ClN2O2/c1-9(10-4-6-16-7-5-10)17-11-2-3-12(14(18)19)13(15)8-11/h2-9,17H,1H3,(H,18,19). The van der Waals surface area contributed by atoms with Crippen LogP contribution in [-0.4, -0.2) is 16.1 Å². The molecule has 5 heteroatoms. The zero-order valence-electron chi connectivity index (χ0n) is 10.3. The van der Waals surface area contributed by atoms with Gasteiger partial charge in [-0.25, -0.2) is 4.79 Å². The van der Waals surface area contributed by atoms with E-state index in [0.717, 1.165) is 11.3 Å². The minimum absolute atomic E-state index is 0.0785. The molecule has 1 heterocycles. The first kappa shape index (κ1) is 13.4. The van der Waals surface area contributed by atoms with Crippen molar-refractivity contribution < 1.29 is 9.90 Å². The van der Waals surface area contributed by atoms with Crippen molar-refractivity contribution in [3.63, 3.8) is 0 Å². The van der Waals surface area contributed by atoms with Crippen LogP contribution in [0.5, 0.6) is 0 Å². The second kappa shape index (κ2) is 5.71. The summed E-state index contributed by atoms with van der Waals surface area (Å²) in [4.78, 5) is 14.8. The van der Waals surface area contributed by atoms with Crippen LogP contribution in [0.3, 0.4) is 0 Å². The highest BCUT2D eigenvalue weighted by Gasteiger charge is 2.10. The van der Waals surface area contributed by atoms with Crippen LogP contribution in [0.1, 0.15) is 28.9 Å². The Labute approximate surface area is 116 Å². The third-order valence-corrected chi connectivity index (χ3v) is 3.10. The van der Waals surface area contributed by atoms with E-state index in [1.54, 1.807) is 24.5 Å². The summed E-state index contributed by atoms with van der Waals surface area (Å²) in [5.74, 6) is -1.03. The lowest BCUT2D eigenvalue weighted by atomic mass is 10.1. The molecule has 0 bridgehead atoms. The summed E-state index contributed by atoms with van der Waals surface area (Å²) in [5.41, 5.74) is 1.97. The minimum atomic E-state index is -1.03. The van der Waals surface area contributed by atoms with E-state index in [-0.39, 0.29) is 16.6 Å². The number of hydrogen-bond acceptors (Lipinski definition) is 3. The van der Waals surface area contributed by atoms with Crippen LogP contribution in [0, 0.1) is 0 Å². The van der Waals surface area contributed by atoms with E-state index >= 15 is 0 Å². The molecule has 0 saturated heterocycles. The minimum Gasteiger partial charge on any atom is -0.478 e. The van der Waals surface area contributed by atoms with Crippen molar-refractivity contribution >= 4 is 23.3 Å². The van der Waals surface area contributed by atoms with Crippen LogP contribution in [-0.2, 0) is 0 Å². The molecule has 19 heavy (non-hydrogen) atoms. The van der Waals surface area contributed by atoms with Crippen LogP contribution in [0.4, 0.5) is 5.69 Å². The smallest absolute Gasteiger partial charge is 0.337 e. The van der Waals surface area contributed by atoms with Gasteiger partial charge in [0.1, 0.15) is 0 Å². The summed E-state index contributed by atoms with van der Waals surface area (Å²) < 4.78 is 0. The molecule has 0 radical (unpaired) electrons. The van der Waals surface area contributed by atoms with Crippen molar-refractivity contribution in [1.29, 1.82) is 0 Å². The van der Waals surface area contributed by atoms with Crippen LogP contribution >= 0.6 is 11.6 Å². The summed E-state index contributed by atoms with van der Waals surface area (Å²) in [6, 6.07) is 8.73. The average Bonchev–Trinajstić information content (AvgIpc) is 2.39. The van der Waals surface area contributed by atoms with E-state index in [0.29, 0.717) is 0 Å². The molecule has 1 aromatic carbocycles. The van der Waals surface area contributed by atoms with E-state index in [1.165, 1.54) is 6.07 Å². The maximum absolute atomic E-state index is 10.9. The molecule has 0 aliphatic carbocycles. The van der Waals surface area contributed by atoms with E-state index in [1.807, 2.05) is 19.1 Å². The molecule has 1 aromatic heterocycles. The number of aromatic carboxylic acids is 1. The number of nitrogens with zero attached hydrogens (tertiary/aromatic N) is 1. The quantitative estimate of drug-likeness (QED) is 0.895. The molecule has 98 valence electrons. The van der Waals surface area contributed by atoms with Gasteiger partial charge in [0.15, 0.2) is 0 Å². The maximum Gasteiger partial charge on any atom is 0.337 e. The number of hydrogen-bond donors (Lipinski definition) is 2. The normalized spacial score (nSPS) is 11.9. The zero-order chi connectivity index (χ0) is 13.8. The summed E-state index contributed by atoms with van der Waals surface area (Å²) in [6.45, 7) is 2.01. The van der Waals surface area contributed by atoms with Gasteiger partial charge in [-0.3, -0.25) is 4.98 Å². The van der Waals surface area contributed by atoms with Gasteiger partial charge in [0, 0.05) is 24.1 Å². The zero-order valence-corrected chi connectivity index (χ0v) is 11.1. The third kappa shape index (κ3) is 3.23. The van der Waals surface area contributed by atoms with Crippen LogP contribution < -0.4 is 5.32 Å². The molecule has 0 spiro atoms. The molecule has 0 amide bonds. The number of benzene rings is 1. The number of carbonyl (C=O) groups is 1. The molecule has 1 atom stereocenters. The number of nitrogens with one attached hydrogen (secondary N) is 1. The van der Waals surface area contributed by atoms with Gasteiger partial charge in [-0.05, 0) is 42.8 Å². The Morgan fingerprint density at radius 1 is 1.32 bits per heavy atom. The van der Waals surface area contributed by atoms with Gasteiger partial charge in [-0.1, -0.05) is 11.6 Å². The Morgan fingerprint density at radius 3 is 2.58 bits per heavy atom. The second-order valence-electron chi connectivity index (χ2n) is 4.15. The Balaban J connectivity index is 2.16. The van der Waals surface area contributed by atoms with E-state index < -0.39 is 5.97 Å². The summed E-state index contributed by atoms with van der Waals surface area (Å²) in [5, 5.41) is 12.4. The third-order valence-electron chi connectivity index (χ3n) is 2.79. The first-order valence-electron chi connectivity index (χ1n) is 5.77. The monoisotopic (exact) mass is 276 g/mol. The first-order chi connectivity index (χ1) is 9.08. The van der Waals surface area contributed by atoms with Crippen molar-refractivity contribution in [2.75, 3.05) is 5.32 Å². The molecule has 0 aliphatic rings. The molecule has 2 N–H and O–H groups in total.